The lowest BCUT2D eigenvalue weighted by Gasteiger charge is -2.18. The Kier molecular flexibility index (Phi) is 5.20. The van der Waals surface area contributed by atoms with E-state index in [-0.39, 0.29) is 17.6 Å². The minimum atomic E-state index is -0.348. The average molecular weight is 372 g/mol. The van der Waals surface area contributed by atoms with Gasteiger partial charge >= 0.3 is 0 Å². The van der Waals surface area contributed by atoms with E-state index in [2.05, 4.69) is 10.3 Å². The highest BCUT2D eigenvalue weighted by molar-refractivity contribution is 5.87. The Morgan fingerprint density at radius 2 is 1.57 bits per heavy atom. The Labute approximate surface area is 163 Å². The third-order valence-electron chi connectivity index (χ3n) is 4.95. The SMILES string of the molecule is O=C(NCCc1c[nH]c2cc(F)ccc12)C(c1ccccc1)c1ccccc1. The van der Waals surface area contributed by atoms with Gasteiger partial charge in [-0.05, 0) is 41.3 Å². The van der Waals surface area contributed by atoms with Gasteiger partial charge in [-0.3, -0.25) is 4.79 Å². The number of fused-ring (bicyclic) bond motifs is 1. The number of nitrogens with one attached hydrogen (secondary N) is 2. The molecular formula is C24H21FN2O. The molecule has 0 saturated carbocycles. The third-order valence-corrected chi connectivity index (χ3v) is 4.95. The largest absolute Gasteiger partial charge is 0.361 e. The van der Waals surface area contributed by atoms with E-state index in [1.165, 1.54) is 12.1 Å². The predicted octanol–water partition coefficient (Wildman–Crippen LogP) is 4.80. The van der Waals surface area contributed by atoms with Gasteiger partial charge in [-0.2, -0.15) is 0 Å². The van der Waals surface area contributed by atoms with E-state index in [0.717, 1.165) is 27.6 Å². The number of halogens is 1. The van der Waals surface area contributed by atoms with Crippen molar-refractivity contribution in [3.05, 3.63) is 108 Å². The maximum Gasteiger partial charge on any atom is 0.232 e. The maximum atomic E-state index is 13.3. The summed E-state index contributed by atoms with van der Waals surface area (Å²) in [6.07, 6.45) is 2.55. The predicted molar refractivity (Wildman–Crippen MR) is 110 cm³/mol. The zero-order chi connectivity index (χ0) is 19.3. The summed E-state index contributed by atoms with van der Waals surface area (Å²) in [7, 11) is 0. The van der Waals surface area contributed by atoms with Gasteiger partial charge in [0.05, 0.1) is 5.92 Å². The first-order chi connectivity index (χ1) is 13.7. The van der Waals surface area contributed by atoms with Crippen LogP contribution in [0.4, 0.5) is 4.39 Å². The van der Waals surface area contributed by atoms with Crippen molar-refractivity contribution >= 4 is 16.8 Å². The summed E-state index contributed by atoms with van der Waals surface area (Å²) >= 11 is 0. The Hall–Kier alpha value is -3.40. The van der Waals surface area contributed by atoms with E-state index in [1.807, 2.05) is 66.9 Å². The van der Waals surface area contributed by atoms with Crippen molar-refractivity contribution in [1.29, 1.82) is 0 Å². The molecule has 0 radical (unpaired) electrons. The molecule has 0 aliphatic heterocycles. The van der Waals surface area contributed by atoms with Crippen LogP contribution >= 0.6 is 0 Å². The number of benzene rings is 3. The maximum absolute atomic E-state index is 13.3. The highest BCUT2D eigenvalue weighted by atomic mass is 19.1. The van der Waals surface area contributed by atoms with E-state index in [4.69, 9.17) is 0 Å². The highest BCUT2D eigenvalue weighted by Crippen LogP contribution is 2.25. The van der Waals surface area contributed by atoms with Gasteiger partial charge in [-0.15, -0.1) is 0 Å². The summed E-state index contributed by atoms with van der Waals surface area (Å²) in [5, 5.41) is 4.05. The van der Waals surface area contributed by atoms with Crippen LogP contribution in [0.15, 0.2) is 85.1 Å². The summed E-state index contributed by atoms with van der Waals surface area (Å²) in [5.41, 5.74) is 3.77. The molecule has 4 rings (SSSR count). The zero-order valence-corrected chi connectivity index (χ0v) is 15.4. The molecule has 0 atom stereocenters. The smallest absolute Gasteiger partial charge is 0.232 e. The Morgan fingerprint density at radius 1 is 0.929 bits per heavy atom. The fourth-order valence-corrected chi connectivity index (χ4v) is 3.57. The summed E-state index contributed by atoms with van der Waals surface area (Å²) in [6.45, 7) is 0.513. The summed E-state index contributed by atoms with van der Waals surface area (Å²) in [6, 6.07) is 24.3. The number of H-pyrrole nitrogens is 1. The third kappa shape index (κ3) is 3.81. The number of carbonyl (C=O) groups is 1. The summed E-state index contributed by atoms with van der Waals surface area (Å²) < 4.78 is 13.3. The van der Waals surface area contributed by atoms with Crippen molar-refractivity contribution in [1.82, 2.24) is 10.3 Å². The lowest BCUT2D eigenvalue weighted by molar-refractivity contribution is -0.121. The van der Waals surface area contributed by atoms with Crippen LogP contribution < -0.4 is 5.32 Å². The van der Waals surface area contributed by atoms with E-state index in [1.54, 1.807) is 6.07 Å². The number of hydrogen-bond donors (Lipinski definition) is 2. The first kappa shape index (κ1) is 18.0. The number of amides is 1. The minimum Gasteiger partial charge on any atom is -0.361 e. The fraction of sp³-hybridized carbons (Fsp3) is 0.125. The van der Waals surface area contributed by atoms with Crippen LogP contribution in [-0.2, 0) is 11.2 Å². The second-order valence-electron chi connectivity index (χ2n) is 6.80. The summed E-state index contributed by atoms with van der Waals surface area (Å²) in [4.78, 5) is 16.1. The normalized spacial score (nSPS) is 11.1. The van der Waals surface area contributed by atoms with Crippen molar-refractivity contribution in [3.63, 3.8) is 0 Å². The molecule has 3 aromatic carbocycles. The number of rotatable bonds is 6. The molecule has 28 heavy (non-hydrogen) atoms. The molecule has 0 bridgehead atoms. The molecule has 0 aliphatic carbocycles. The average Bonchev–Trinajstić information content (AvgIpc) is 3.12. The molecule has 0 spiro atoms. The molecule has 0 saturated heterocycles. The van der Waals surface area contributed by atoms with Crippen LogP contribution in [0.25, 0.3) is 10.9 Å². The molecule has 1 heterocycles. The molecule has 4 heteroatoms. The second-order valence-corrected chi connectivity index (χ2v) is 6.80. The first-order valence-electron chi connectivity index (χ1n) is 9.35. The van der Waals surface area contributed by atoms with Gasteiger partial charge < -0.3 is 10.3 Å². The van der Waals surface area contributed by atoms with Crippen LogP contribution in [0.1, 0.15) is 22.6 Å². The van der Waals surface area contributed by atoms with Gasteiger partial charge in [0.15, 0.2) is 0 Å². The van der Waals surface area contributed by atoms with Gasteiger partial charge in [-0.25, -0.2) is 4.39 Å². The molecular weight excluding hydrogens is 351 g/mol. The van der Waals surface area contributed by atoms with Crippen molar-refractivity contribution in [2.24, 2.45) is 0 Å². The molecule has 0 fully saturated rings. The van der Waals surface area contributed by atoms with Crippen LogP contribution in [0.3, 0.4) is 0 Å². The molecule has 1 amide bonds. The Morgan fingerprint density at radius 3 is 2.21 bits per heavy atom. The zero-order valence-electron chi connectivity index (χ0n) is 15.4. The quantitative estimate of drug-likeness (QED) is 0.502. The number of aromatic nitrogens is 1. The molecule has 0 aliphatic rings. The number of hydrogen-bond acceptors (Lipinski definition) is 1. The standard InChI is InChI=1S/C24H21FN2O/c25-20-11-12-21-19(16-27-22(21)15-20)13-14-26-24(28)23(17-7-3-1-4-8-17)18-9-5-2-6-10-18/h1-12,15-16,23,27H,13-14H2,(H,26,28). The molecule has 1 aromatic heterocycles. The van der Waals surface area contributed by atoms with Crippen molar-refractivity contribution in [2.75, 3.05) is 6.54 Å². The van der Waals surface area contributed by atoms with E-state index >= 15 is 0 Å². The molecule has 140 valence electrons. The molecule has 3 nitrogen and oxygen atoms in total. The van der Waals surface area contributed by atoms with Gasteiger partial charge in [0.2, 0.25) is 5.91 Å². The van der Waals surface area contributed by atoms with E-state index < -0.39 is 0 Å². The number of aromatic amines is 1. The van der Waals surface area contributed by atoms with Crippen molar-refractivity contribution in [2.45, 2.75) is 12.3 Å². The van der Waals surface area contributed by atoms with Gasteiger partial charge in [0, 0.05) is 23.6 Å². The molecule has 4 aromatic rings. The second kappa shape index (κ2) is 8.09. The van der Waals surface area contributed by atoms with E-state index in [9.17, 15) is 9.18 Å². The summed E-state index contributed by atoms with van der Waals surface area (Å²) in [5.74, 6) is -0.634. The van der Waals surface area contributed by atoms with Gasteiger partial charge in [0.25, 0.3) is 0 Å². The van der Waals surface area contributed by atoms with Gasteiger partial charge in [0.1, 0.15) is 5.82 Å². The van der Waals surface area contributed by atoms with Crippen LogP contribution in [0.2, 0.25) is 0 Å². The Bertz CT molecular complexity index is 1030. The lowest BCUT2D eigenvalue weighted by atomic mass is 9.90. The monoisotopic (exact) mass is 372 g/mol. The van der Waals surface area contributed by atoms with Crippen LogP contribution in [-0.4, -0.2) is 17.4 Å². The highest BCUT2D eigenvalue weighted by Gasteiger charge is 2.22. The lowest BCUT2D eigenvalue weighted by Crippen LogP contribution is -2.31. The molecule has 0 unspecified atom stereocenters. The van der Waals surface area contributed by atoms with Gasteiger partial charge in [-0.1, -0.05) is 60.7 Å². The molecule has 2 N–H and O–H groups in total. The minimum absolute atomic E-state index is 0.0247. The van der Waals surface area contributed by atoms with Crippen LogP contribution in [0, 0.1) is 5.82 Å². The fourth-order valence-electron chi connectivity index (χ4n) is 3.57. The van der Waals surface area contributed by atoms with Crippen LogP contribution in [0.5, 0.6) is 0 Å². The van der Waals surface area contributed by atoms with Crippen molar-refractivity contribution < 1.29 is 9.18 Å². The topological polar surface area (TPSA) is 44.9 Å². The van der Waals surface area contributed by atoms with E-state index in [0.29, 0.717) is 13.0 Å². The number of carbonyl (C=O) groups excluding carboxylic acids is 1. The first-order valence-corrected chi connectivity index (χ1v) is 9.35. The van der Waals surface area contributed by atoms with Crippen molar-refractivity contribution in [3.8, 4) is 0 Å². The Balaban J connectivity index is 1.49.